The summed E-state index contributed by atoms with van der Waals surface area (Å²) in [6.07, 6.45) is 0.798. The van der Waals surface area contributed by atoms with Crippen molar-refractivity contribution in [3.63, 3.8) is 0 Å². The van der Waals surface area contributed by atoms with E-state index in [4.69, 9.17) is 0 Å². The fourth-order valence-electron chi connectivity index (χ4n) is 3.25. The van der Waals surface area contributed by atoms with Crippen LogP contribution < -0.4 is 10.2 Å². The molecule has 3 rings (SSSR count). The minimum Gasteiger partial charge on any atom is -0.358 e. The number of benzene rings is 2. The first-order chi connectivity index (χ1) is 11.6. The van der Waals surface area contributed by atoms with Gasteiger partial charge < -0.3 is 10.2 Å². The highest BCUT2D eigenvalue weighted by molar-refractivity contribution is 5.94. The molecule has 1 aliphatic heterocycles. The van der Waals surface area contributed by atoms with Gasteiger partial charge in [0.05, 0.1) is 0 Å². The van der Waals surface area contributed by atoms with Gasteiger partial charge in [-0.1, -0.05) is 24.3 Å². The minimum atomic E-state index is -0.379. The van der Waals surface area contributed by atoms with E-state index in [0.717, 1.165) is 29.8 Å². The lowest BCUT2D eigenvalue weighted by atomic mass is 9.90. The van der Waals surface area contributed by atoms with Crippen molar-refractivity contribution in [2.45, 2.75) is 12.5 Å². The predicted molar refractivity (Wildman–Crippen MR) is 91.9 cm³/mol. The third-order valence-corrected chi connectivity index (χ3v) is 4.40. The predicted octanol–water partition coefficient (Wildman–Crippen LogP) is 2.43. The van der Waals surface area contributed by atoms with Crippen molar-refractivity contribution < 1.29 is 9.72 Å². The molecule has 0 saturated carbocycles. The van der Waals surface area contributed by atoms with Crippen LogP contribution in [0.15, 0.2) is 48.5 Å². The van der Waals surface area contributed by atoms with Gasteiger partial charge in [-0.2, -0.15) is 0 Å². The van der Waals surface area contributed by atoms with Gasteiger partial charge in [0.15, 0.2) is 0 Å². The Morgan fingerprint density at radius 1 is 1.29 bits per heavy atom. The molecule has 0 spiro atoms. The molecule has 24 heavy (non-hydrogen) atoms. The Morgan fingerprint density at radius 3 is 2.71 bits per heavy atom. The number of hydrogen-bond acceptors (Lipinski definition) is 4. The molecule has 0 aliphatic carbocycles. The van der Waals surface area contributed by atoms with Crippen LogP contribution >= 0.6 is 0 Å². The van der Waals surface area contributed by atoms with E-state index in [1.807, 2.05) is 36.4 Å². The van der Waals surface area contributed by atoms with Gasteiger partial charge in [0.1, 0.15) is 6.04 Å². The maximum atomic E-state index is 11.9. The molecule has 2 aromatic carbocycles. The third kappa shape index (κ3) is 3.08. The van der Waals surface area contributed by atoms with E-state index in [1.54, 1.807) is 19.2 Å². The number of rotatable bonds is 4. The van der Waals surface area contributed by atoms with E-state index in [9.17, 15) is 14.9 Å². The molecular weight excluding hydrogens is 306 g/mol. The lowest BCUT2D eigenvalue weighted by molar-refractivity contribution is -0.483. The fourth-order valence-corrected chi connectivity index (χ4v) is 3.25. The standard InChI is InChI=1S/C18H19N3O3/c1-19-18(22)14-8-7-13-9-10-20(15-5-3-2-4-6-15)17(12-21(23)24)16(13)11-14/h2-8,11,17H,9-10,12H2,1H3,(H,19,22). The Bertz CT molecular complexity index is 761. The molecule has 1 unspecified atom stereocenters. The van der Waals surface area contributed by atoms with Gasteiger partial charge in [0.25, 0.3) is 5.91 Å². The molecule has 124 valence electrons. The fraction of sp³-hybridized carbons (Fsp3) is 0.278. The smallest absolute Gasteiger partial charge is 0.251 e. The van der Waals surface area contributed by atoms with Crippen molar-refractivity contribution in [3.8, 4) is 0 Å². The molecule has 1 heterocycles. The number of carbonyl (C=O) groups excluding carboxylic acids is 1. The first-order valence-corrected chi connectivity index (χ1v) is 7.88. The highest BCUT2D eigenvalue weighted by Crippen LogP contribution is 2.34. The SMILES string of the molecule is CNC(=O)c1ccc2c(c1)C(C[N+](=O)[O-])N(c1ccccc1)CC2. The Balaban J connectivity index is 2.05. The Hall–Kier alpha value is -2.89. The highest BCUT2D eigenvalue weighted by Gasteiger charge is 2.32. The summed E-state index contributed by atoms with van der Waals surface area (Å²) in [4.78, 5) is 24.9. The minimum absolute atomic E-state index is 0.186. The number of nitro groups is 1. The number of fused-ring (bicyclic) bond motifs is 1. The quantitative estimate of drug-likeness (QED) is 0.692. The molecule has 1 aliphatic rings. The second-order valence-corrected chi connectivity index (χ2v) is 5.80. The summed E-state index contributed by atoms with van der Waals surface area (Å²) in [7, 11) is 1.58. The summed E-state index contributed by atoms with van der Waals surface area (Å²) >= 11 is 0. The summed E-state index contributed by atoms with van der Waals surface area (Å²) in [5, 5.41) is 13.8. The average molecular weight is 325 g/mol. The van der Waals surface area contributed by atoms with Crippen molar-refractivity contribution in [1.29, 1.82) is 0 Å². The van der Waals surface area contributed by atoms with Crippen molar-refractivity contribution >= 4 is 11.6 Å². The second-order valence-electron chi connectivity index (χ2n) is 5.80. The third-order valence-electron chi connectivity index (χ3n) is 4.40. The number of nitrogens with zero attached hydrogens (tertiary/aromatic N) is 2. The molecule has 0 fully saturated rings. The number of para-hydroxylation sites is 1. The lowest BCUT2D eigenvalue weighted by Crippen LogP contribution is -2.39. The number of anilines is 1. The molecule has 1 atom stereocenters. The van der Waals surface area contributed by atoms with Crippen LogP contribution in [0.4, 0.5) is 5.69 Å². The normalized spacial score (nSPS) is 16.4. The molecule has 6 nitrogen and oxygen atoms in total. The zero-order chi connectivity index (χ0) is 17.1. The van der Waals surface area contributed by atoms with Crippen molar-refractivity contribution in [2.75, 3.05) is 25.0 Å². The Labute approximate surface area is 140 Å². The summed E-state index contributed by atoms with van der Waals surface area (Å²) < 4.78 is 0. The molecule has 0 bridgehead atoms. The van der Waals surface area contributed by atoms with Gasteiger partial charge in [0.2, 0.25) is 6.54 Å². The number of amides is 1. The van der Waals surface area contributed by atoms with E-state index in [-0.39, 0.29) is 23.4 Å². The molecule has 0 saturated heterocycles. The van der Waals surface area contributed by atoms with Crippen molar-refractivity contribution in [2.24, 2.45) is 0 Å². The van der Waals surface area contributed by atoms with Gasteiger partial charge in [0, 0.05) is 29.8 Å². The first-order valence-electron chi connectivity index (χ1n) is 7.88. The summed E-state index contributed by atoms with van der Waals surface area (Å²) in [5.41, 5.74) is 3.42. The summed E-state index contributed by atoms with van der Waals surface area (Å²) in [6, 6.07) is 14.8. The monoisotopic (exact) mass is 325 g/mol. The molecule has 6 heteroatoms. The number of hydrogen-bond donors (Lipinski definition) is 1. The van der Waals surface area contributed by atoms with Crippen LogP contribution in [0.1, 0.15) is 27.5 Å². The zero-order valence-electron chi connectivity index (χ0n) is 13.4. The van der Waals surface area contributed by atoms with Crippen LogP contribution in [-0.2, 0) is 6.42 Å². The summed E-state index contributed by atoms with van der Waals surface area (Å²) in [5.74, 6) is -0.186. The van der Waals surface area contributed by atoms with Gasteiger partial charge >= 0.3 is 0 Å². The van der Waals surface area contributed by atoms with Crippen LogP contribution in [0.5, 0.6) is 0 Å². The molecular formula is C18H19N3O3. The van der Waals surface area contributed by atoms with Gasteiger partial charge in [-0.3, -0.25) is 14.9 Å². The molecule has 2 aromatic rings. The molecule has 0 radical (unpaired) electrons. The van der Waals surface area contributed by atoms with Crippen molar-refractivity contribution in [3.05, 3.63) is 75.3 Å². The zero-order valence-corrected chi connectivity index (χ0v) is 13.4. The molecule has 1 amide bonds. The van der Waals surface area contributed by atoms with E-state index in [1.165, 1.54) is 0 Å². The Kier molecular flexibility index (Phi) is 4.46. The van der Waals surface area contributed by atoms with Crippen LogP contribution in [0.3, 0.4) is 0 Å². The van der Waals surface area contributed by atoms with E-state index in [0.29, 0.717) is 5.56 Å². The number of carbonyl (C=O) groups is 1. The second kappa shape index (κ2) is 6.70. The maximum absolute atomic E-state index is 11.9. The van der Waals surface area contributed by atoms with Crippen LogP contribution in [0.25, 0.3) is 0 Å². The number of nitrogens with one attached hydrogen (secondary N) is 1. The van der Waals surface area contributed by atoms with Gasteiger partial charge in [-0.25, -0.2) is 0 Å². The van der Waals surface area contributed by atoms with E-state index >= 15 is 0 Å². The van der Waals surface area contributed by atoms with Crippen molar-refractivity contribution in [1.82, 2.24) is 5.32 Å². The highest BCUT2D eigenvalue weighted by atomic mass is 16.6. The van der Waals surface area contributed by atoms with Crippen LogP contribution in [0.2, 0.25) is 0 Å². The maximum Gasteiger partial charge on any atom is 0.251 e. The topological polar surface area (TPSA) is 75.5 Å². The Morgan fingerprint density at radius 2 is 2.04 bits per heavy atom. The van der Waals surface area contributed by atoms with E-state index in [2.05, 4.69) is 10.2 Å². The average Bonchev–Trinajstić information content (AvgIpc) is 2.61. The van der Waals surface area contributed by atoms with Crippen LogP contribution in [0, 0.1) is 10.1 Å². The van der Waals surface area contributed by atoms with Gasteiger partial charge in [-0.05, 0) is 41.8 Å². The first kappa shape index (κ1) is 16.0. The lowest BCUT2D eigenvalue weighted by Gasteiger charge is -2.37. The molecule has 0 aromatic heterocycles. The summed E-state index contributed by atoms with van der Waals surface area (Å²) in [6.45, 7) is 0.522. The van der Waals surface area contributed by atoms with Crippen LogP contribution in [-0.4, -0.2) is 31.0 Å². The van der Waals surface area contributed by atoms with Gasteiger partial charge in [-0.15, -0.1) is 0 Å². The molecule has 1 N–H and O–H groups in total. The largest absolute Gasteiger partial charge is 0.358 e. The van der Waals surface area contributed by atoms with E-state index < -0.39 is 0 Å².